The molecule has 0 saturated carbocycles. The summed E-state index contributed by atoms with van der Waals surface area (Å²) < 4.78 is 16.2. The predicted molar refractivity (Wildman–Crippen MR) is 74.9 cm³/mol. The Labute approximate surface area is 113 Å². The highest BCUT2D eigenvalue weighted by Gasteiger charge is 2.10. The molecule has 0 saturated heterocycles. The zero-order chi connectivity index (χ0) is 13.7. The van der Waals surface area contributed by atoms with Gasteiger partial charge in [0.15, 0.2) is 11.5 Å². The third-order valence-corrected chi connectivity index (χ3v) is 2.82. The van der Waals surface area contributed by atoms with Gasteiger partial charge < -0.3 is 19.2 Å². The lowest BCUT2D eigenvalue weighted by Crippen LogP contribution is -2.06. The molecular formula is C15H19NO3. The van der Waals surface area contributed by atoms with E-state index in [2.05, 4.69) is 5.32 Å². The van der Waals surface area contributed by atoms with Crippen LogP contribution in [0.25, 0.3) is 0 Å². The Bertz CT molecular complexity index is 508. The lowest BCUT2D eigenvalue weighted by molar-refractivity contribution is 0.311. The molecule has 0 aliphatic heterocycles. The Morgan fingerprint density at radius 2 is 2.11 bits per heavy atom. The van der Waals surface area contributed by atoms with Crippen LogP contribution in [0.3, 0.4) is 0 Å². The Morgan fingerprint density at radius 3 is 2.74 bits per heavy atom. The fraction of sp³-hybridized carbons (Fsp3) is 0.333. The van der Waals surface area contributed by atoms with Gasteiger partial charge in [0.2, 0.25) is 0 Å². The SMILES string of the molecule is CCOc1cc(NC(C)c2ccco2)ccc1OC. The molecule has 1 aromatic carbocycles. The number of methoxy groups -OCH3 is 1. The van der Waals surface area contributed by atoms with E-state index in [0.29, 0.717) is 6.61 Å². The molecule has 4 nitrogen and oxygen atoms in total. The minimum absolute atomic E-state index is 0.0953. The molecular weight excluding hydrogens is 242 g/mol. The first-order valence-electron chi connectivity index (χ1n) is 6.35. The molecule has 1 heterocycles. The molecule has 0 aliphatic carbocycles. The molecule has 0 aliphatic rings. The summed E-state index contributed by atoms with van der Waals surface area (Å²) >= 11 is 0. The average molecular weight is 261 g/mol. The second-order valence-electron chi connectivity index (χ2n) is 4.18. The van der Waals surface area contributed by atoms with E-state index >= 15 is 0 Å². The number of furan rings is 1. The highest BCUT2D eigenvalue weighted by Crippen LogP contribution is 2.31. The number of nitrogens with one attached hydrogen (secondary N) is 1. The van der Waals surface area contributed by atoms with Crippen LogP contribution >= 0.6 is 0 Å². The summed E-state index contributed by atoms with van der Waals surface area (Å²) in [5.41, 5.74) is 0.966. The van der Waals surface area contributed by atoms with E-state index in [4.69, 9.17) is 13.9 Å². The zero-order valence-corrected chi connectivity index (χ0v) is 11.5. The van der Waals surface area contributed by atoms with Crippen LogP contribution in [-0.4, -0.2) is 13.7 Å². The molecule has 0 bridgehead atoms. The lowest BCUT2D eigenvalue weighted by atomic mass is 10.2. The van der Waals surface area contributed by atoms with Gasteiger partial charge in [0, 0.05) is 11.8 Å². The first kappa shape index (κ1) is 13.3. The number of rotatable bonds is 6. The summed E-state index contributed by atoms with van der Waals surface area (Å²) in [5.74, 6) is 2.37. The maximum Gasteiger partial charge on any atom is 0.163 e. The van der Waals surface area contributed by atoms with Crippen LogP contribution in [-0.2, 0) is 0 Å². The Kier molecular flexibility index (Phi) is 4.34. The quantitative estimate of drug-likeness (QED) is 0.857. The molecule has 1 aromatic heterocycles. The predicted octanol–water partition coefficient (Wildman–Crippen LogP) is 3.86. The fourth-order valence-corrected chi connectivity index (χ4v) is 1.89. The van der Waals surface area contributed by atoms with Gasteiger partial charge in [-0.3, -0.25) is 0 Å². The zero-order valence-electron chi connectivity index (χ0n) is 11.5. The van der Waals surface area contributed by atoms with Gasteiger partial charge in [-0.25, -0.2) is 0 Å². The van der Waals surface area contributed by atoms with E-state index in [9.17, 15) is 0 Å². The van der Waals surface area contributed by atoms with Crippen molar-refractivity contribution in [2.75, 3.05) is 19.0 Å². The first-order chi connectivity index (χ1) is 9.24. The fourth-order valence-electron chi connectivity index (χ4n) is 1.89. The molecule has 1 N–H and O–H groups in total. The molecule has 4 heteroatoms. The van der Waals surface area contributed by atoms with Crippen molar-refractivity contribution in [3.63, 3.8) is 0 Å². The summed E-state index contributed by atoms with van der Waals surface area (Å²) in [4.78, 5) is 0. The Hall–Kier alpha value is -2.10. The topological polar surface area (TPSA) is 43.6 Å². The molecule has 0 amide bonds. The van der Waals surface area contributed by atoms with Crippen molar-refractivity contribution in [1.82, 2.24) is 0 Å². The molecule has 19 heavy (non-hydrogen) atoms. The van der Waals surface area contributed by atoms with Crippen LogP contribution in [0.5, 0.6) is 11.5 Å². The molecule has 1 unspecified atom stereocenters. The molecule has 1 atom stereocenters. The second kappa shape index (κ2) is 6.18. The van der Waals surface area contributed by atoms with Gasteiger partial charge in [-0.05, 0) is 38.1 Å². The Balaban J connectivity index is 2.14. The second-order valence-corrected chi connectivity index (χ2v) is 4.18. The number of benzene rings is 1. The van der Waals surface area contributed by atoms with Crippen molar-refractivity contribution in [3.05, 3.63) is 42.4 Å². The van der Waals surface area contributed by atoms with Crippen LogP contribution in [0.2, 0.25) is 0 Å². The van der Waals surface area contributed by atoms with E-state index in [0.717, 1.165) is 22.9 Å². The molecule has 0 fully saturated rings. The molecule has 0 spiro atoms. The average Bonchev–Trinajstić information content (AvgIpc) is 2.93. The van der Waals surface area contributed by atoms with E-state index in [1.54, 1.807) is 13.4 Å². The van der Waals surface area contributed by atoms with Crippen LogP contribution in [0.15, 0.2) is 41.0 Å². The molecule has 0 radical (unpaired) electrons. The van der Waals surface area contributed by atoms with E-state index < -0.39 is 0 Å². The number of ether oxygens (including phenoxy) is 2. The van der Waals surface area contributed by atoms with Crippen molar-refractivity contribution in [3.8, 4) is 11.5 Å². The van der Waals surface area contributed by atoms with Crippen LogP contribution in [0, 0.1) is 0 Å². The number of hydrogen-bond donors (Lipinski definition) is 1. The normalized spacial score (nSPS) is 11.9. The first-order valence-corrected chi connectivity index (χ1v) is 6.35. The highest BCUT2D eigenvalue weighted by molar-refractivity contribution is 5.55. The highest BCUT2D eigenvalue weighted by atomic mass is 16.5. The summed E-state index contributed by atoms with van der Waals surface area (Å²) in [7, 11) is 1.64. The van der Waals surface area contributed by atoms with E-state index in [-0.39, 0.29) is 6.04 Å². The summed E-state index contributed by atoms with van der Waals surface area (Å²) in [6, 6.07) is 9.71. The summed E-state index contributed by atoms with van der Waals surface area (Å²) in [6.07, 6.45) is 1.67. The summed E-state index contributed by atoms with van der Waals surface area (Å²) in [6.45, 7) is 4.60. The maximum atomic E-state index is 5.55. The monoisotopic (exact) mass is 261 g/mol. The third kappa shape index (κ3) is 3.22. The van der Waals surface area contributed by atoms with Gasteiger partial charge in [0.25, 0.3) is 0 Å². The van der Waals surface area contributed by atoms with Gasteiger partial charge in [0.1, 0.15) is 5.76 Å². The van der Waals surface area contributed by atoms with Gasteiger partial charge in [-0.1, -0.05) is 0 Å². The van der Waals surface area contributed by atoms with Gasteiger partial charge in [0.05, 0.1) is 26.0 Å². The van der Waals surface area contributed by atoms with E-state index in [1.807, 2.05) is 44.2 Å². The standard InChI is InChI=1S/C15H19NO3/c1-4-18-15-10-12(7-8-14(15)17-3)16-11(2)13-6-5-9-19-13/h5-11,16H,4H2,1-3H3. The number of hydrogen-bond acceptors (Lipinski definition) is 4. The van der Waals surface area contributed by atoms with Crippen LogP contribution < -0.4 is 14.8 Å². The van der Waals surface area contributed by atoms with Crippen LogP contribution in [0.4, 0.5) is 5.69 Å². The van der Waals surface area contributed by atoms with Crippen molar-refractivity contribution >= 4 is 5.69 Å². The van der Waals surface area contributed by atoms with Crippen molar-refractivity contribution < 1.29 is 13.9 Å². The van der Waals surface area contributed by atoms with Crippen molar-refractivity contribution in [2.45, 2.75) is 19.9 Å². The smallest absolute Gasteiger partial charge is 0.163 e. The minimum Gasteiger partial charge on any atom is -0.493 e. The number of anilines is 1. The Morgan fingerprint density at radius 1 is 1.26 bits per heavy atom. The largest absolute Gasteiger partial charge is 0.493 e. The molecule has 2 aromatic rings. The van der Waals surface area contributed by atoms with E-state index in [1.165, 1.54) is 0 Å². The van der Waals surface area contributed by atoms with Crippen LogP contribution in [0.1, 0.15) is 25.6 Å². The van der Waals surface area contributed by atoms with Gasteiger partial charge in [-0.15, -0.1) is 0 Å². The third-order valence-electron chi connectivity index (χ3n) is 2.82. The van der Waals surface area contributed by atoms with Gasteiger partial charge >= 0.3 is 0 Å². The summed E-state index contributed by atoms with van der Waals surface area (Å²) in [5, 5.41) is 3.37. The molecule has 102 valence electrons. The van der Waals surface area contributed by atoms with Crippen molar-refractivity contribution in [1.29, 1.82) is 0 Å². The maximum absolute atomic E-state index is 5.55. The molecule has 2 rings (SSSR count). The van der Waals surface area contributed by atoms with Crippen molar-refractivity contribution in [2.24, 2.45) is 0 Å². The van der Waals surface area contributed by atoms with Gasteiger partial charge in [-0.2, -0.15) is 0 Å². The minimum atomic E-state index is 0.0953. The lowest BCUT2D eigenvalue weighted by Gasteiger charge is -2.15.